The summed E-state index contributed by atoms with van der Waals surface area (Å²) in [7, 11) is 0. The SMILES string of the molecule is CCCC(N)c1ccn(CC#N)c1. The van der Waals surface area contributed by atoms with Gasteiger partial charge in [-0.2, -0.15) is 5.26 Å². The van der Waals surface area contributed by atoms with Gasteiger partial charge in [-0.3, -0.25) is 0 Å². The summed E-state index contributed by atoms with van der Waals surface area (Å²) in [5.41, 5.74) is 7.04. The molecule has 0 fully saturated rings. The predicted octanol–water partition coefficient (Wildman–Crippen LogP) is 1.81. The maximum absolute atomic E-state index is 8.47. The third-order valence-electron chi connectivity index (χ3n) is 2.05. The monoisotopic (exact) mass is 177 g/mol. The highest BCUT2D eigenvalue weighted by atomic mass is 14.9. The Kier molecular flexibility index (Phi) is 3.53. The number of nitriles is 1. The minimum atomic E-state index is 0.116. The molecule has 3 heteroatoms. The lowest BCUT2D eigenvalue weighted by atomic mass is 10.1. The minimum Gasteiger partial charge on any atom is -0.340 e. The molecule has 3 nitrogen and oxygen atoms in total. The first-order valence-corrected chi connectivity index (χ1v) is 4.56. The van der Waals surface area contributed by atoms with Crippen LogP contribution in [-0.2, 0) is 6.54 Å². The molecule has 0 aliphatic rings. The second-order valence-electron chi connectivity index (χ2n) is 3.17. The molecule has 1 aromatic heterocycles. The van der Waals surface area contributed by atoms with Gasteiger partial charge in [-0.1, -0.05) is 13.3 Å². The van der Waals surface area contributed by atoms with Crippen LogP contribution in [0, 0.1) is 11.3 Å². The highest BCUT2D eigenvalue weighted by molar-refractivity contribution is 5.15. The normalized spacial score (nSPS) is 12.4. The quantitative estimate of drug-likeness (QED) is 0.762. The molecule has 0 radical (unpaired) electrons. The van der Waals surface area contributed by atoms with E-state index >= 15 is 0 Å². The standard InChI is InChI=1S/C10H15N3/c1-2-3-10(12)9-4-6-13(8-9)7-5-11/h4,6,8,10H,2-3,7,12H2,1H3. The first-order chi connectivity index (χ1) is 6.27. The van der Waals surface area contributed by atoms with Crippen molar-refractivity contribution in [2.24, 2.45) is 5.73 Å². The Balaban J connectivity index is 2.63. The van der Waals surface area contributed by atoms with E-state index in [4.69, 9.17) is 11.0 Å². The van der Waals surface area contributed by atoms with E-state index in [0.29, 0.717) is 6.54 Å². The fourth-order valence-electron chi connectivity index (χ4n) is 1.34. The molecule has 1 aromatic rings. The van der Waals surface area contributed by atoms with E-state index in [9.17, 15) is 0 Å². The van der Waals surface area contributed by atoms with Crippen molar-refractivity contribution in [2.75, 3.05) is 0 Å². The molecule has 0 aliphatic heterocycles. The van der Waals surface area contributed by atoms with Crippen LogP contribution in [0.3, 0.4) is 0 Å². The summed E-state index contributed by atoms with van der Waals surface area (Å²) in [4.78, 5) is 0. The minimum absolute atomic E-state index is 0.116. The molecule has 13 heavy (non-hydrogen) atoms. The summed E-state index contributed by atoms with van der Waals surface area (Å²) < 4.78 is 1.85. The molecule has 1 unspecified atom stereocenters. The van der Waals surface area contributed by atoms with Gasteiger partial charge in [0.2, 0.25) is 0 Å². The molecule has 0 aromatic carbocycles. The van der Waals surface area contributed by atoms with Crippen molar-refractivity contribution in [3.05, 3.63) is 24.0 Å². The Morgan fingerprint density at radius 1 is 1.69 bits per heavy atom. The van der Waals surface area contributed by atoms with E-state index in [-0.39, 0.29) is 6.04 Å². The molecule has 1 rings (SSSR count). The highest BCUT2D eigenvalue weighted by Crippen LogP contribution is 2.15. The van der Waals surface area contributed by atoms with Gasteiger partial charge in [-0.05, 0) is 18.1 Å². The summed E-state index contributed by atoms with van der Waals surface area (Å²) in [6.45, 7) is 2.52. The zero-order chi connectivity index (χ0) is 9.68. The highest BCUT2D eigenvalue weighted by Gasteiger charge is 2.05. The van der Waals surface area contributed by atoms with Crippen LogP contribution in [0.5, 0.6) is 0 Å². The third-order valence-corrected chi connectivity index (χ3v) is 2.05. The van der Waals surface area contributed by atoms with Crippen molar-refractivity contribution in [3.63, 3.8) is 0 Å². The molecule has 0 spiro atoms. The summed E-state index contributed by atoms with van der Waals surface area (Å²) in [5.74, 6) is 0. The van der Waals surface area contributed by atoms with Gasteiger partial charge in [0.25, 0.3) is 0 Å². The number of rotatable bonds is 4. The van der Waals surface area contributed by atoms with Crippen LogP contribution in [0.15, 0.2) is 18.5 Å². The summed E-state index contributed by atoms with van der Waals surface area (Å²) in [6.07, 6.45) is 5.93. The number of aromatic nitrogens is 1. The van der Waals surface area contributed by atoms with Gasteiger partial charge in [0.1, 0.15) is 6.54 Å². The maximum Gasteiger partial charge on any atom is 0.109 e. The summed E-state index contributed by atoms with van der Waals surface area (Å²) >= 11 is 0. The van der Waals surface area contributed by atoms with Crippen LogP contribution in [0.2, 0.25) is 0 Å². The van der Waals surface area contributed by atoms with Crippen molar-refractivity contribution in [2.45, 2.75) is 32.4 Å². The predicted molar refractivity (Wildman–Crippen MR) is 51.9 cm³/mol. The zero-order valence-corrected chi connectivity index (χ0v) is 7.90. The first kappa shape index (κ1) is 9.82. The van der Waals surface area contributed by atoms with Crippen LogP contribution in [0.25, 0.3) is 0 Å². The third kappa shape index (κ3) is 2.60. The largest absolute Gasteiger partial charge is 0.340 e. The lowest BCUT2D eigenvalue weighted by molar-refractivity contribution is 0.636. The molecule has 2 N–H and O–H groups in total. The molecule has 1 atom stereocenters. The first-order valence-electron chi connectivity index (χ1n) is 4.56. The Hall–Kier alpha value is -1.27. The van der Waals surface area contributed by atoms with Crippen molar-refractivity contribution >= 4 is 0 Å². The van der Waals surface area contributed by atoms with E-state index in [1.54, 1.807) is 0 Å². The second kappa shape index (κ2) is 4.68. The number of nitrogens with two attached hydrogens (primary N) is 1. The zero-order valence-electron chi connectivity index (χ0n) is 7.90. The van der Waals surface area contributed by atoms with Gasteiger partial charge >= 0.3 is 0 Å². The van der Waals surface area contributed by atoms with E-state index in [1.807, 2.05) is 23.0 Å². The van der Waals surface area contributed by atoms with E-state index < -0.39 is 0 Å². The Bertz CT molecular complexity index is 295. The Morgan fingerprint density at radius 2 is 2.46 bits per heavy atom. The molecule has 70 valence electrons. The average molecular weight is 177 g/mol. The fourth-order valence-corrected chi connectivity index (χ4v) is 1.34. The topological polar surface area (TPSA) is 54.7 Å². The summed E-state index contributed by atoms with van der Waals surface area (Å²) in [6, 6.07) is 4.19. The van der Waals surface area contributed by atoms with Gasteiger partial charge in [-0.15, -0.1) is 0 Å². The smallest absolute Gasteiger partial charge is 0.109 e. The fraction of sp³-hybridized carbons (Fsp3) is 0.500. The van der Waals surface area contributed by atoms with Gasteiger partial charge in [0.05, 0.1) is 6.07 Å². The second-order valence-corrected chi connectivity index (χ2v) is 3.17. The lowest BCUT2D eigenvalue weighted by Crippen LogP contribution is -2.08. The van der Waals surface area contributed by atoms with E-state index in [2.05, 4.69) is 13.0 Å². The van der Waals surface area contributed by atoms with Crippen molar-refractivity contribution in [1.29, 1.82) is 5.26 Å². The molecule has 1 heterocycles. The van der Waals surface area contributed by atoms with Crippen LogP contribution in [-0.4, -0.2) is 4.57 Å². The number of hydrogen-bond acceptors (Lipinski definition) is 2. The molecular formula is C10H15N3. The van der Waals surface area contributed by atoms with Crippen molar-refractivity contribution < 1.29 is 0 Å². The lowest BCUT2D eigenvalue weighted by Gasteiger charge is -2.06. The van der Waals surface area contributed by atoms with Crippen molar-refractivity contribution in [1.82, 2.24) is 4.57 Å². The van der Waals surface area contributed by atoms with E-state index in [1.165, 1.54) is 0 Å². The number of hydrogen-bond donors (Lipinski definition) is 1. The molecule has 0 saturated carbocycles. The maximum atomic E-state index is 8.47. The Morgan fingerprint density at radius 3 is 3.08 bits per heavy atom. The molecular weight excluding hydrogens is 162 g/mol. The summed E-state index contributed by atoms with van der Waals surface area (Å²) in [5, 5.41) is 8.47. The van der Waals surface area contributed by atoms with Gasteiger partial charge in [-0.25, -0.2) is 0 Å². The van der Waals surface area contributed by atoms with Crippen molar-refractivity contribution in [3.8, 4) is 6.07 Å². The van der Waals surface area contributed by atoms with E-state index in [0.717, 1.165) is 18.4 Å². The van der Waals surface area contributed by atoms with Crippen LogP contribution < -0.4 is 5.73 Å². The van der Waals surface area contributed by atoms with Gasteiger partial charge < -0.3 is 10.3 Å². The Labute approximate surface area is 78.8 Å². The molecule has 0 amide bonds. The molecule has 0 saturated heterocycles. The van der Waals surface area contributed by atoms with Crippen LogP contribution >= 0.6 is 0 Å². The van der Waals surface area contributed by atoms with Gasteiger partial charge in [0.15, 0.2) is 0 Å². The average Bonchev–Trinajstić information content (AvgIpc) is 2.54. The molecule has 0 aliphatic carbocycles. The van der Waals surface area contributed by atoms with Crippen LogP contribution in [0.4, 0.5) is 0 Å². The van der Waals surface area contributed by atoms with Crippen LogP contribution in [0.1, 0.15) is 31.4 Å². The van der Waals surface area contributed by atoms with Gasteiger partial charge in [0, 0.05) is 18.4 Å². The molecule has 0 bridgehead atoms. The number of nitrogens with zero attached hydrogens (tertiary/aromatic N) is 2.